The summed E-state index contributed by atoms with van der Waals surface area (Å²) in [5.74, 6) is 1.05. The van der Waals surface area contributed by atoms with Crippen LogP contribution in [0.15, 0.2) is 60.7 Å². The zero-order valence-electron chi connectivity index (χ0n) is 17.5. The van der Waals surface area contributed by atoms with E-state index in [1.54, 1.807) is 6.07 Å². The standard InChI is InChI=1S/C25H26INO3/c1-4-18-10-12-21(13-11-18)27-25(28)20-14-22(26)24(23(15-20)29-5-2)30-16-19-8-6-17(3)7-9-19/h6-15H,4-5,16H2,1-3H3,(H,27,28). The minimum Gasteiger partial charge on any atom is -0.490 e. The van der Waals surface area contributed by atoms with Gasteiger partial charge < -0.3 is 14.8 Å². The fourth-order valence-electron chi connectivity index (χ4n) is 2.97. The molecule has 0 spiro atoms. The zero-order valence-corrected chi connectivity index (χ0v) is 19.7. The van der Waals surface area contributed by atoms with Crippen molar-refractivity contribution in [1.29, 1.82) is 0 Å². The van der Waals surface area contributed by atoms with Crippen molar-refractivity contribution in [3.63, 3.8) is 0 Å². The summed E-state index contributed by atoms with van der Waals surface area (Å²) in [6.45, 7) is 7.00. The Morgan fingerprint density at radius 3 is 2.23 bits per heavy atom. The molecule has 4 nitrogen and oxygen atoms in total. The minimum absolute atomic E-state index is 0.178. The van der Waals surface area contributed by atoms with Crippen molar-refractivity contribution in [2.75, 3.05) is 11.9 Å². The van der Waals surface area contributed by atoms with Crippen molar-refractivity contribution >= 4 is 34.2 Å². The molecule has 0 saturated heterocycles. The van der Waals surface area contributed by atoms with E-state index in [1.165, 1.54) is 11.1 Å². The first-order valence-electron chi connectivity index (χ1n) is 10.0. The maximum absolute atomic E-state index is 12.8. The van der Waals surface area contributed by atoms with Crippen LogP contribution in [-0.2, 0) is 13.0 Å². The molecular weight excluding hydrogens is 489 g/mol. The predicted molar refractivity (Wildman–Crippen MR) is 130 cm³/mol. The monoisotopic (exact) mass is 515 g/mol. The Bertz CT molecular complexity index is 998. The highest BCUT2D eigenvalue weighted by atomic mass is 127. The highest BCUT2D eigenvalue weighted by Gasteiger charge is 2.16. The third-order valence-corrected chi connectivity index (χ3v) is 5.50. The molecule has 0 atom stereocenters. The molecule has 1 amide bonds. The number of carbonyl (C=O) groups is 1. The Balaban J connectivity index is 1.78. The average molecular weight is 515 g/mol. The molecule has 0 aliphatic heterocycles. The van der Waals surface area contributed by atoms with Gasteiger partial charge >= 0.3 is 0 Å². The van der Waals surface area contributed by atoms with Crippen molar-refractivity contribution in [3.8, 4) is 11.5 Å². The summed E-state index contributed by atoms with van der Waals surface area (Å²) < 4.78 is 12.7. The van der Waals surface area contributed by atoms with Crippen LogP contribution >= 0.6 is 22.6 Å². The molecule has 0 bridgehead atoms. The van der Waals surface area contributed by atoms with Crippen molar-refractivity contribution in [2.45, 2.75) is 33.8 Å². The van der Waals surface area contributed by atoms with E-state index in [2.05, 4.69) is 53.9 Å². The Morgan fingerprint density at radius 2 is 1.60 bits per heavy atom. The Kier molecular flexibility index (Phi) is 7.74. The van der Waals surface area contributed by atoms with Gasteiger partial charge in [-0.3, -0.25) is 4.79 Å². The maximum atomic E-state index is 12.8. The molecule has 0 saturated carbocycles. The lowest BCUT2D eigenvalue weighted by Crippen LogP contribution is -2.13. The van der Waals surface area contributed by atoms with Gasteiger partial charge in [0.25, 0.3) is 5.91 Å². The largest absolute Gasteiger partial charge is 0.490 e. The number of nitrogens with one attached hydrogen (secondary N) is 1. The lowest BCUT2D eigenvalue weighted by molar-refractivity contribution is 0.102. The van der Waals surface area contributed by atoms with Crippen molar-refractivity contribution in [2.24, 2.45) is 0 Å². The number of hydrogen-bond acceptors (Lipinski definition) is 3. The van der Waals surface area contributed by atoms with E-state index >= 15 is 0 Å². The molecule has 0 aliphatic carbocycles. The van der Waals surface area contributed by atoms with Gasteiger partial charge in [-0.05, 0) is 78.3 Å². The van der Waals surface area contributed by atoms with Gasteiger partial charge in [-0.2, -0.15) is 0 Å². The molecule has 156 valence electrons. The van der Waals surface area contributed by atoms with Gasteiger partial charge in [-0.25, -0.2) is 0 Å². The molecule has 3 aromatic rings. The number of hydrogen-bond donors (Lipinski definition) is 1. The van der Waals surface area contributed by atoms with Crippen molar-refractivity contribution < 1.29 is 14.3 Å². The number of anilines is 1. The quantitative estimate of drug-likeness (QED) is 0.354. The van der Waals surface area contributed by atoms with Crippen LogP contribution in [-0.4, -0.2) is 12.5 Å². The molecular formula is C25H26INO3. The lowest BCUT2D eigenvalue weighted by Gasteiger charge is -2.16. The van der Waals surface area contributed by atoms with E-state index in [-0.39, 0.29) is 5.91 Å². The molecule has 0 aliphatic rings. The van der Waals surface area contributed by atoms with Crippen LogP contribution in [0.1, 0.15) is 40.9 Å². The van der Waals surface area contributed by atoms with Crippen LogP contribution in [0.4, 0.5) is 5.69 Å². The van der Waals surface area contributed by atoms with E-state index in [0.717, 1.165) is 21.2 Å². The summed E-state index contributed by atoms with van der Waals surface area (Å²) in [7, 11) is 0. The fraction of sp³-hybridized carbons (Fsp3) is 0.240. The first kappa shape index (κ1) is 22.2. The summed E-state index contributed by atoms with van der Waals surface area (Å²) >= 11 is 2.19. The molecule has 3 rings (SSSR count). The maximum Gasteiger partial charge on any atom is 0.255 e. The number of amides is 1. The van der Waals surface area contributed by atoms with E-state index in [9.17, 15) is 4.79 Å². The highest BCUT2D eigenvalue weighted by molar-refractivity contribution is 14.1. The number of halogens is 1. The smallest absolute Gasteiger partial charge is 0.255 e. The molecule has 30 heavy (non-hydrogen) atoms. The van der Waals surface area contributed by atoms with Crippen LogP contribution in [0.3, 0.4) is 0 Å². The van der Waals surface area contributed by atoms with Gasteiger partial charge in [0.05, 0.1) is 10.2 Å². The van der Waals surface area contributed by atoms with Crippen LogP contribution in [0, 0.1) is 10.5 Å². The Hall–Kier alpha value is -2.54. The van der Waals surface area contributed by atoms with Gasteiger partial charge in [0.2, 0.25) is 0 Å². The number of benzene rings is 3. The number of ether oxygens (including phenoxy) is 2. The second-order valence-electron chi connectivity index (χ2n) is 7.00. The topological polar surface area (TPSA) is 47.6 Å². The predicted octanol–water partition coefficient (Wildman–Crippen LogP) is 6.39. The number of carbonyl (C=O) groups excluding carboxylic acids is 1. The van der Waals surface area contributed by atoms with E-state index in [4.69, 9.17) is 9.47 Å². The van der Waals surface area contributed by atoms with Gasteiger partial charge in [0, 0.05) is 11.3 Å². The first-order valence-corrected chi connectivity index (χ1v) is 11.1. The van der Waals surface area contributed by atoms with Crippen LogP contribution in [0.5, 0.6) is 11.5 Å². The Labute approximate surface area is 191 Å². The minimum atomic E-state index is -0.178. The summed E-state index contributed by atoms with van der Waals surface area (Å²) in [6, 6.07) is 19.7. The molecule has 0 unspecified atom stereocenters. The van der Waals surface area contributed by atoms with Crippen LogP contribution < -0.4 is 14.8 Å². The third kappa shape index (κ3) is 5.75. The molecule has 1 N–H and O–H groups in total. The van der Waals surface area contributed by atoms with E-state index in [1.807, 2.05) is 49.4 Å². The van der Waals surface area contributed by atoms with Crippen LogP contribution in [0.25, 0.3) is 0 Å². The summed E-state index contributed by atoms with van der Waals surface area (Å²) in [6.07, 6.45) is 0.966. The van der Waals surface area contributed by atoms with Gasteiger partial charge in [0.1, 0.15) is 6.61 Å². The first-order chi connectivity index (χ1) is 14.5. The molecule has 0 radical (unpaired) electrons. The zero-order chi connectivity index (χ0) is 21.5. The fourth-order valence-corrected chi connectivity index (χ4v) is 3.73. The van der Waals surface area contributed by atoms with Gasteiger partial charge in [-0.1, -0.05) is 48.9 Å². The molecule has 0 aromatic heterocycles. The van der Waals surface area contributed by atoms with Gasteiger partial charge in [-0.15, -0.1) is 0 Å². The van der Waals surface area contributed by atoms with Crippen molar-refractivity contribution in [1.82, 2.24) is 0 Å². The average Bonchev–Trinajstić information content (AvgIpc) is 2.75. The highest BCUT2D eigenvalue weighted by Crippen LogP contribution is 2.35. The summed E-state index contributed by atoms with van der Waals surface area (Å²) in [4.78, 5) is 12.8. The Morgan fingerprint density at radius 1 is 0.933 bits per heavy atom. The van der Waals surface area contributed by atoms with E-state index in [0.29, 0.717) is 30.3 Å². The molecule has 0 heterocycles. The molecule has 0 fully saturated rings. The number of aryl methyl sites for hydroxylation is 2. The van der Waals surface area contributed by atoms with Crippen molar-refractivity contribution in [3.05, 3.63) is 86.5 Å². The SMILES string of the molecule is CCOc1cc(C(=O)Nc2ccc(CC)cc2)cc(I)c1OCc1ccc(C)cc1. The molecule has 3 aromatic carbocycles. The number of rotatable bonds is 8. The van der Waals surface area contributed by atoms with E-state index < -0.39 is 0 Å². The molecule has 5 heteroatoms. The second-order valence-corrected chi connectivity index (χ2v) is 8.16. The van der Waals surface area contributed by atoms with Crippen LogP contribution in [0.2, 0.25) is 0 Å². The van der Waals surface area contributed by atoms with Gasteiger partial charge in [0.15, 0.2) is 11.5 Å². The summed E-state index contributed by atoms with van der Waals surface area (Å²) in [5, 5.41) is 2.95. The normalized spacial score (nSPS) is 10.5. The third-order valence-electron chi connectivity index (χ3n) is 4.70. The lowest BCUT2D eigenvalue weighted by atomic mass is 10.1. The summed E-state index contributed by atoms with van der Waals surface area (Å²) in [5.41, 5.74) is 4.82. The second kappa shape index (κ2) is 10.5.